The van der Waals surface area contributed by atoms with E-state index >= 15 is 0 Å². The highest BCUT2D eigenvalue weighted by atomic mass is 16.7. The fraction of sp³-hybridized carbons (Fsp3) is 0.684. The first-order valence-corrected chi connectivity index (χ1v) is 9.04. The van der Waals surface area contributed by atoms with Gasteiger partial charge in [0.2, 0.25) is 6.79 Å². The molecule has 1 aromatic carbocycles. The molecule has 6 nitrogen and oxygen atoms in total. The summed E-state index contributed by atoms with van der Waals surface area (Å²) in [7, 11) is 0. The van der Waals surface area contributed by atoms with Gasteiger partial charge in [-0.05, 0) is 38.5 Å². The third kappa shape index (κ3) is 5.57. The van der Waals surface area contributed by atoms with E-state index in [1.165, 1.54) is 5.56 Å². The Labute approximate surface area is 150 Å². The molecule has 0 bridgehead atoms. The smallest absolute Gasteiger partial charge is 0.231 e. The van der Waals surface area contributed by atoms with Crippen LogP contribution >= 0.6 is 0 Å². The highest BCUT2D eigenvalue weighted by Gasteiger charge is 2.21. The van der Waals surface area contributed by atoms with Gasteiger partial charge in [0.05, 0.1) is 18.3 Å². The average Bonchev–Trinajstić information content (AvgIpc) is 3.02. The maximum atomic E-state index is 10.1. The van der Waals surface area contributed by atoms with Crippen LogP contribution in [0.15, 0.2) is 18.2 Å². The van der Waals surface area contributed by atoms with E-state index in [0.29, 0.717) is 19.9 Å². The Hall–Kier alpha value is -1.34. The Morgan fingerprint density at radius 2 is 1.76 bits per heavy atom. The summed E-state index contributed by atoms with van der Waals surface area (Å²) in [6.45, 7) is 12.3. The molecule has 1 N–H and O–H groups in total. The summed E-state index contributed by atoms with van der Waals surface area (Å²) in [6.07, 6.45) is -0.431. The lowest BCUT2D eigenvalue weighted by Gasteiger charge is -2.36. The number of hydrogen-bond acceptors (Lipinski definition) is 6. The van der Waals surface area contributed by atoms with Gasteiger partial charge in [-0.3, -0.25) is 9.80 Å². The second-order valence-corrected chi connectivity index (χ2v) is 7.84. The minimum Gasteiger partial charge on any atom is -0.454 e. The van der Waals surface area contributed by atoms with Gasteiger partial charge in [-0.15, -0.1) is 0 Å². The van der Waals surface area contributed by atoms with Crippen LogP contribution in [-0.2, 0) is 11.3 Å². The van der Waals surface area contributed by atoms with Gasteiger partial charge in [-0.2, -0.15) is 0 Å². The van der Waals surface area contributed by atoms with Crippen molar-refractivity contribution in [2.45, 2.75) is 39.0 Å². The quantitative estimate of drug-likeness (QED) is 0.843. The molecule has 2 heterocycles. The standard InChI is InChI=1S/C19H30N2O4/c1-19(2,3)25-13-16(22)12-21-8-6-20(7-9-21)11-15-4-5-17-18(10-15)24-14-23-17/h4-5,10,16,22H,6-9,11-14H2,1-3H3/t16-/m1/s1. The number of rotatable bonds is 6. The van der Waals surface area contributed by atoms with Crippen LogP contribution in [0.1, 0.15) is 26.3 Å². The Bertz CT molecular complexity index is 565. The summed E-state index contributed by atoms with van der Waals surface area (Å²) < 4.78 is 16.5. The normalized spacial score (nSPS) is 20.0. The summed E-state index contributed by atoms with van der Waals surface area (Å²) in [5.74, 6) is 1.68. The van der Waals surface area contributed by atoms with Crippen molar-refractivity contribution in [3.8, 4) is 11.5 Å². The molecule has 1 fully saturated rings. The lowest BCUT2D eigenvalue weighted by molar-refractivity contribution is -0.0587. The van der Waals surface area contributed by atoms with Crippen LogP contribution in [0.4, 0.5) is 0 Å². The largest absolute Gasteiger partial charge is 0.454 e. The third-order valence-electron chi connectivity index (χ3n) is 4.49. The van der Waals surface area contributed by atoms with Crippen molar-refractivity contribution in [3.63, 3.8) is 0 Å². The van der Waals surface area contributed by atoms with E-state index in [1.54, 1.807) is 0 Å². The minimum atomic E-state index is -0.431. The van der Waals surface area contributed by atoms with E-state index in [0.717, 1.165) is 44.2 Å². The number of piperazine rings is 1. The SMILES string of the molecule is CC(C)(C)OC[C@H](O)CN1CCN(Cc2ccc3c(c2)OCO3)CC1. The van der Waals surface area contributed by atoms with E-state index in [-0.39, 0.29) is 5.60 Å². The number of fused-ring (bicyclic) bond motifs is 1. The Balaban J connectivity index is 1.40. The predicted octanol–water partition coefficient (Wildman–Crippen LogP) is 1.71. The first-order valence-electron chi connectivity index (χ1n) is 9.04. The van der Waals surface area contributed by atoms with Gasteiger partial charge in [0.1, 0.15) is 0 Å². The van der Waals surface area contributed by atoms with Crippen LogP contribution in [0, 0.1) is 0 Å². The summed E-state index contributed by atoms with van der Waals surface area (Å²) in [5.41, 5.74) is 1.04. The minimum absolute atomic E-state index is 0.204. The van der Waals surface area contributed by atoms with Crippen LogP contribution in [-0.4, -0.2) is 72.7 Å². The number of hydrogen-bond donors (Lipinski definition) is 1. The Morgan fingerprint density at radius 3 is 2.48 bits per heavy atom. The molecule has 2 aliphatic rings. The number of β-amino-alcohol motifs (C(OH)–C–C–N with tert-alkyl or cyclic N) is 1. The maximum absolute atomic E-state index is 10.1. The van der Waals surface area contributed by atoms with Gasteiger partial charge in [-0.25, -0.2) is 0 Å². The summed E-state index contributed by atoms with van der Waals surface area (Å²) in [6, 6.07) is 6.16. The molecule has 1 saturated heterocycles. The van der Waals surface area contributed by atoms with Crippen molar-refractivity contribution < 1.29 is 19.3 Å². The van der Waals surface area contributed by atoms with E-state index in [9.17, 15) is 5.11 Å². The molecule has 0 spiro atoms. The van der Waals surface area contributed by atoms with Gasteiger partial charge in [0.15, 0.2) is 11.5 Å². The highest BCUT2D eigenvalue weighted by Crippen LogP contribution is 2.32. The number of ether oxygens (including phenoxy) is 3. The molecule has 0 unspecified atom stereocenters. The van der Waals surface area contributed by atoms with Crippen LogP contribution < -0.4 is 9.47 Å². The molecule has 140 valence electrons. The molecular formula is C19H30N2O4. The second kappa shape index (κ2) is 7.91. The van der Waals surface area contributed by atoms with Crippen molar-refractivity contribution in [2.24, 2.45) is 0 Å². The van der Waals surface area contributed by atoms with E-state index in [1.807, 2.05) is 26.8 Å². The number of benzene rings is 1. The summed E-state index contributed by atoms with van der Waals surface area (Å²) >= 11 is 0. The topological polar surface area (TPSA) is 54.4 Å². The van der Waals surface area contributed by atoms with Crippen molar-refractivity contribution in [2.75, 3.05) is 46.1 Å². The molecule has 0 aliphatic carbocycles. The molecule has 0 amide bonds. The maximum Gasteiger partial charge on any atom is 0.231 e. The van der Waals surface area contributed by atoms with Gasteiger partial charge in [0, 0.05) is 39.3 Å². The predicted molar refractivity (Wildman–Crippen MR) is 96.0 cm³/mol. The third-order valence-corrected chi connectivity index (χ3v) is 4.49. The van der Waals surface area contributed by atoms with Crippen LogP contribution in [0.3, 0.4) is 0 Å². The number of aliphatic hydroxyl groups is 1. The molecule has 1 atom stereocenters. The lowest BCUT2D eigenvalue weighted by Crippen LogP contribution is -2.48. The summed E-state index contributed by atoms with van der Waals surface area (Å²) in [5, 5.41) is 10.1. The Morgan fingerprint density at radius 1 is 1.08 bits per heavy atom. The average molecular weight is 350 g/mol. The molecule has 0 aromatic heterocycles. The van der Waals surface area contributed by atoms with Crippen molar-refractivity contribution in [1.82, 2.24) is 9.80 Å². The zero-order chi connectivity index (χ0) is 17.9. The van der Waals surface area contributed by atoms with Gasteiger partial charge < -0.3 is 19.3 Å². The van der Waals surface area contributed by atoms with Gasteiger partial charge in [-0.1, -0.05) is 6.07 Å². The molecule has 1 aromatic rings. The Kier molecular flexibility index (Phi) is 5.84. The van der Waals surface area contributed by atoms with E-state index in [4.69, 9.17) is 14.2 Å². The number of nitrogens with zero attached hydrogens (tertiary/aromatic N) is 2. The first-order chi connectivity index (χ1) is 11.9. The molecule has 0 radical (unpaired) electrons. The molecule has 6 heteroatoms. The van der Waals surface area contributed by atoms with E-state index in [2.05, 4.69) is 21.9 Å². The van der Waals surface area contributed by atoms with Gasteiger partial charge >= 0.3 is 0 Å². The van der Waals surface area contributed by atoms with Crippen molar-refractivity contribution in [3.05, 3.63) is 23.8 Å². The van der Waals surface area contributed by atoms with Crippen LogP contribution in [0.2, 0.25) is 0 Å². The molecule has 3 rings (SSSR count). The zero-order valence-corrected chi connectivity index (χ0v) is 15.5. The molecule has 0 saturated carbocycles. The van der Waals surface area contributed by atoms with Crippen LogP contribution in [0.5, 0.6) is 11.5 Å². The molecular weight excluding hydrogens is 320 g/mol. The highest BCUT2D eigenvalue weighted by molar-refractivity contribution is 5.44. The van der Waals surface area contributed by atoms with Crippen molar-refractivity contribution in [1.29, 1.82) is 0 Å². The van der Waals surface area contributed by atoms with Gasteiger partial charge in [0.25, 0.3) is 0 Å². The zero-order valence-electron chi connectivity index (χ0n) is 15.5. The fourth-order valence-corrected chi connectivity index (χ4v) is 3.12. The number of aliphatic hydroxyl groups excluding tert-OH is 1. The monoisotopic (exact) mass is 350 g/mol. The lowest BCUT2D eigenvalue weighted by atomic mass is 10.1. The van der Waals surface area contributed by atoms with E-state index < -0.39 is 6.10 Å². The fourth-order valence-electron chi connectivity index (χ4n) is 3.12. The van der Waals surface area contributed by atoms with Crippen molar-refractivity contribution >= 4 is 0 Å². The second-order valence-electron chi connectivity index (χ2n) is 7.84. The first kappa shape index (κ1) is 18.5. The summed E-state index contributed by atoms with van der Waals surface area (Å²) in [4.78, 5) is 4.75. The molecule has 25 heavy (non-hydrogen) atoms. The van der Waals surface area contributed by atoms with Crippen LogP contribution in [0.25, 0.3) is 0 Å². The molecule has 2 aliphatic heterocycles.